The van der Waals surface area contributed by atoms with Crippen LogP contribution in [0.15, 0.2) is 65.9 Å². The molecule has 4 aliphatic rings. The summed E-state index contributed by atoms with van der Waals surface area (Å²) < 4.78 is 38.3. The van der Waals surface area contributed by atoms with Crippen molar-refractivity contribution in [1.29, 1.82) is 0 Å². The Hall–Kier alpha value is -4.43. The molecule has 0 bridgehead atoms. The van der Waals surface area contributed by atoms with Crippen LogP contribution in [0.5, 0.6) is 23.0 Å². The number of aldehydes is 1. The Balaban J connectivity index is 1.57. The molecule has 0 radical (unpaired) electrons. The topological polar surface area (TPSA) is 155 Å². The van der Waals surface area contributed by atoms with Crippen molar-refractivity contribution in [3.63, 3.8) is 0 Å². The quantitative estimate of drug-likeness (QED) is 0.0534. The van der Waals surface area contributed by atoms with Gasteiger partial charge in [-0.1, -0.05) is 57.8 Å². The lowest BCUT2D eigenvalue weighted by atomic mass is 9.55. The van der Waals surface area contributed by atoms with Gasteiger partial charge in [0.05, 0.1) is 44.1 Å². The summed E-state index contributed by atoms with van der Waals surface area (Å²) in [6.07, 6.45) is 11.9. The molecule has 1 saturated heterocycles. The van der Waals surface area contributed by atoms with Crippen molar-refractivity contribution in [2.75, 3.05) is 46.7 Å². The van der Waals surface area contributed by atoms with Gasteiger partial charge in [-0.25, -0.2) is 4.79 Å². The van der Waals surface area contributed by atoms with Crippen LogP contribution >= 0.6 is 0 Å². The van der Waals surface area contributed by atoms with Crippen LogP contribution < -0.4 is 14.2 Å². The number of ether oxygens (including phenoxy) is 6. The third kappa shape index (κ3) is 10.8. The monoisotopic (exact) mass is 860 g/mol. The number of oxime groups is 1. The number of rotatable bonds is 21. The smallest absolute Gasteiger partial charge is 0.410 e. The molecule has 62 heavy (non-hydrogen) atoms. The molecule has 2 aromatic carbocycles. The van der Waals surface area contributed by atoms with Crippen molar-refractivity contribution in [2.45, 2.75) is 122 Å². The maximum atomic E-state index is 14.5. The number of carbonyl (C=O) groups excluding carboxylic acids is 2. The third-order valence-corrected chi connectivity index (χ3v) is 12.3. The molecule has 13 heteroatoms. The van der Waals surface area contributed by atoms with Gasteiger partial charge in [-0.3, -0.25) is 9.69 Å². The third-order valence-electron chi connectivity index (χ3n) is 12.3. The van der Waals surface area contributed by atoms with Crippen LogP contribution in [0.3, 0.4) is 0 Å². The number of unbranched alkanes of at least 4 members (excludes halogenated alkanes) is 2. The van der Waals surface area contributed by atoms with E-state index >= 15 is 0 Å². The van der Waals surface area contributed by atoms with Gasteiger partial charge in [0.2, 0.25) is 12.1 Å². The van der Waals surface area contributed by atoms with Gasteiger partial charge in [0.25, 0.3) is 0 Å². The molecule has 2 N–H and O–H groups in total. The summed E-state index contributed by atoms with van der Waals surface area (Å²) in [6, 6.07) is 10.2. The van der Waals surface area contributed by atoms with Crippen molar-refractivity contribution < 1.29 is 53.1 Å². The number of hydrogen-bond acceptors (Lipinski definition) is 12. The zero-order valence-electron chi connectivity index (χ0n) is 37.4. The number of methoxy groups -OCH3 is 1. The Morgan fingerprint density at radius 1 is 1.05 bits per heavy atom. The first-order chi connectivity index (χ1) is 30.0. The van der Waals surface area contributed by atoms with Gasteiger partial charge >= 0.3 is 6.09 Å². The van der Waals surface area contributed by atoms with Crippen LogP contribution in [0.1, 0.15) is 120 Å². The van der Waals surface area contributed by atoms with Gasteiger partial charge in [-0.05, 0) is 104 Å². The molecule has 2 aliphatic heterocycles. The molecule has 13 nitrogen and oxygen atoms in total. The second-order valence-electron chi connectivity index (χ2n) is 18.1. The van der Waals surface area contributed by atoms with E-state index in [1.54, 1.807) is 29.2 Å². The molecule has 2 heterocycles. The molecule has 340 valence electrons. The number of benzene rings is 2. The number of allylic oxidation sites excluding steroid dienone is 1. The fourth-order valence-corrected chi connectivity index (χ4v) is 9.61. The predicted octanol–water partition coefficient (Wildman–Crippen LogP) is 9.35. The molecular weight excluding hydrogens is 793 g/mol. The second kappa shape index (κ2) is 21.8. The summed E-state index contributed by atoms with van der Waals surface area (Å²) in [5, 5.41) is 24.8. The zero-order chi connectivity index (χ0) is 44.3. The molecule has 2 aliphatic carbocycles. The zero-order valence-corrected chi connectivity index (χ0v) is 37.4. The fourth-order valence-electron chi connectivity index (χ4n) is 9.61. The molecule has 1 saturated carbocycles. The highest BCUT2D eigenvalue weighted by Crippen LogP contribution is 2.62. The predicted molar refractivity (Wildman–Crippen MR) is 236 cm³/mol. The highest BCUT2D eigenvalue weighted by molar-refractivity contribution is 6.03. The van der Waals surface area contributed by atoms with Crippen LogP contribution in [0, 0.1) is 23.2 Å². The van der Waals surface area contributed by atoms with E-state index < -0.39 is 30.1 Å². The van der Waals surface area contributed by atoms with E-state index in [2.05, 4.69) is 12.7 Å². The highest BCUT2D eigenvalue weighted by Gasteiger charge is 2.65. The molecule has 0 aromatic heterocycles. The Morgan fingerprint density at radius 2 is 1.81 bits per heavy atom. The highest BCUT2D eigenvalue weighted by atomic mass is 16.8. The first kappa shape index (κ1) is 47.1. The van der Waals surface area contributed by atoms with Crippen LogP contribution in [-0.2, 0) is 19.0 Å². The van der Waals surface area contributed by atoms with Crippen LogP contribution in [0.25, 0.3) is 0 Å². The minimum atomic E-state index is -1.42. The minimum absolute atomic E-state index is 0.0244. The number of amides is 1. The summed E-state index contributed by atoms with van der Waals surface area (Å²) >= 11 is 0. The summed E-state index contributed by atoms with van der Waals surface area (Å²) in [5.74, 6) is -0.0203. The standard InChI is InChI=1S/C49H68N2O11/c1-7-22-51(47(55)58-32-48(3,4)5)43-30-40(50-62-44-17-11-14-26-57-44)38-28-33(15-9-12-23-52)37(16-10-13-24-53)45-39-29-36(60-35-18-20-41(56-6)34(27-35)31-54)19-21-42(39)61-49(43,46(38)45)59-25-8-2/h8,18-21,27-29,31,33,37,43-46,52-53H,2,7,9-17,22-26,30,32H2,1,3-6H3. The largest absolute Gasteiger partial charge is 0.496 e. The van der Waals surface area contributed by atoms with Gasteiger partial charge in [-0.2, -0.15) is 0 Å². The van der Waals surface area contributed by atoms with Gasteiger partial charge in [0.15, 0.2) is 6.29 Å². The fraction of sp³-hybridized carbons (Fsp3) is 0.612. The normalized spacial score (nSPS) is 26.0. The minimum Gasteiger partial charge on any atom is -0.496 e. The molecule has 0 spiro atoms. The lowest BCUT2D eigenvalue weighted by Crippen LogP contribution is -2.70. The first-order valence-electron chi connectivity index (χ1n) is 22.6. The summed E-state index contributed by atoms with van der Waals surface area (Å²) in [5.41, 5.74) is 2.64. The molecule has 2 fully saturated rings. The maximum absolute atomic E-state index is 14.5. The van der Waals surface area contributed by atoms with Crippen molar-refractivity contribution in [3.05, 3.63) is 71.8 Å². The number of carbonyl (C=O) groups is 2. The van der Waals surface area contributed by atoms with Crippen molar-refractivity contribution in [1.82, 2.24) is 4.90 Å². The van der Waals surface area contributed by atoms with Crippen molar-refractivity contribution in [3.8, 4) is 23.0 Å². The Bertz CT molecular complexity index is 1880. The lowest BCUT2D eigenvalue weighted by Gasteiger charge is -2.60. The Labute approximate surface area is 367 Å². The summed E-state index contributed by atoms with van der Waals surface area (Å²) in [7, 11) is 1.52. The Kier molecular flexibility index (Phi) is 16.5. The van der Waals surface area contributed by atoms with Crippen molar-refractivity contribution in [2.24, 2.45) is 28.3 Å². The SMILES string of the molecule is C=CCOC12Oc3ccc(Oc4ccc(OC)c(C=O)c4)cc3C3C(CCCCO)C(CCCCO)C=C(C(=NOC4CCCCO4)CC1N(CCC)C(=O)OCC(C)(C)C)C32. The van der Waals surface area contributed by atoms with E-state index in [1.165, 1.54) is 7.11 Å². The molecule has 1 amide bonds. The van der Waals surface area contributed by atoms with E-state index in [1.807, 2.05) is 45.9 Å². The number of aliphatic hydroxyl groups is 2. The molecule has 7 atom stereocenters. The van der Waals surface area contributed by atoms with Gasteiger partial charge < -0.3 is 43.5 Å². The lowest BCUT2D eigenvalue weighted by molar-refractivity contribution is -0.255. The molecular formula is C49H68N2O11. The van der Waals surface area contributed by atoms with Crippen LogP contribution in [0.4, 0.5) is 4.79 Å². The van der Waals surface area contributed by atoms with E-state index in [-0.39, 0.29) is 56.0 Å². The number of fused-ring (bicyclic) bond motifs is 2. The number of aliphatic hydroxyl groups excluding tert-OH is 2. The van der Waals surface area contributed by atoms with Gasteiger partial charge in [0, 0.05) is 44.1 Å². The van der Waals surface area contributed by atoms with Crippen molar-refractivity contribution >= 4 is 18.1 Å². The average Bonchev–Trinajstić information content (AvgIpc) is 3.27. The first-order valence-corrected chi connectivity index (χ1v) is 22.6. The summed E-state index contributed by atoms with van der Waals surface area (Å²) in [4.78, 5) is 34.5. The second-order valence-corrected chi connectivity index (χ2v) is 18.1. The molecule has 2 aromatic rings. The van der Waals surface area contributed by atoms with E-state index in [9.17, 15) is 19.8 Å². The van der Waals surface area contributed by atoms with Crippen LogP contribution in [-0.4, -0.2) is 98.0 Å². The van der Waals surface area contributed by atoms with E-state index in [0.29, 0.717) is 66.7 Å². The van der Waals surface area contributed by atoms with E-state index in [4.69, 9.17) is 38.4 Å². The van der Waals surface area contributed by atoms with Crippen LogP contribution in [0.2, 0.25) is 0 Å². The van der Waals surface area contributed by atoms with Gasteiger partial charge in [0.1, 0.15) is 29.0 Å². The van der Waals surface area contributed by atoms with E-state index in [0.717, 1.165) is 62.4 Å². The summed E-state index contributed by atoms with van der Waals surface area (Å²) in [6.45, 7) is 13.7. The number of hydrogen-bond donors (Lipinski definition) is 2. The average molecular weight is 861 g/mol. The number of nitrogens with zero attached hydrogens (tertiary/aromatic N) is 2. The molecule has 7 unspecified atom stereocenters. The van der Waals surface area contributed by atoms with Gasteiger partial charge in [-0.15, -0.1) is 6.58 Å². The molecule has 6 rings (SSSR count). The Morgan fingerprint density at radius 3 is 2.48 bits per heavy atom. The maximum Gasteiger partial charge on any atom is 0.410 e.